The molecule has 2 aromatic rings. The van der Waals surface area contributed by atoms with Crippen molar-refractivity contribution in [3.05, 3.63) is 42.5 Å². The van der Waals surface area contributed by atoms with Crippen LogP contribution in [0.5, 0.6) is 0 Å². The minimum Gasteiger partial charge on any atom is -0.382 e. The monoisotopic (exact) mass is 281 g/mol. The predicted octanol–water partition coefficient (Wildman–Crippen LogP) is 5.71. The van der Waals surface area contributed by atoms with Crippen LogP contribution in [-0.4, -0.2) is 6.04 Å². The smallest absolute Gasteiger partial charge is 0.0348 e. The number of rotatable bonds is 3. The van der Waals surface area contributed by atoms with Gasteiger partial charge in [-0.05, 0) is 53.5 Å². The normalized spacial score (nSPS) is 26.2. The number of anilines is 1. The molecular formula is C20H27N. The minimum atomic E-state index is 0.620. The molecule has 3 rings (SSSR count). The van der Waals surface area contributed by atoms with Gasteiger partial charge < -0.3 is 5.32 Å². The van der Waals surface area contributed by atoms with E-state index in [4.69, 9.17) is 0 Å². The highest BCUT2D eigenvalue weighted by Crippen LogP contribution is 2.35. The lowest BCUT2D eigenvalue weighted by Gasteiger charge is -2.38. The first-order valence-electron chi connectivity index (χ1n) is 8.39. The molecule has 2 aromatic carbocycles. The molecule has 0 spiro atoms. The molecular weight excluding hydrogens is 254 g/mol. The van der Waals surface area contributed by atoms with Crippen LogP contribution in [0, 0.1) is 17.8 Å². The van der Waals surface area contributed by atoms with Crippen LogP contribution in [0.25, 0.3) is 10.8 Å². The molecule has 0 aromatic heterocycles. The number of benzene rings is 2. The van der Waals surface area contributed by atoms with E-state index in [0.29, 0.717) is 6.04 Å². The lowest BCUT2D eigenvalue weighted by molar-refractivity contribution is 0.212. The van der Waals surface area contributed by atoms with Crippen molar-refractivity contribution in [3.8, 4) is 0 Å². The summed E-state index contributed by atoms with van der Waals surface area (Å²) in [6.45, 7) is 7.14. The molecule has 0 amide bonds. The van der Waals surface area contributed by atoms with E-state index in [2.05, 4.69) is 68.6 Å². The molecule has 1 aliphatic carbocycles. The van der Waals surface area contributed by atoms with Crippen LogP contribution in [-0.2, 0) is 0 Å². The van der Waals surface area contributed by atoms with Crippen LogP contribution in [0.2, 0.25) is 0 Å². The first-order chi connectivity index (χ1) is 10.1. The molecule has 1 aliphatic rings. The second kappa shape index (κ2) is 6.09. The Labute approximate surface area is 128 Å². The largest absolute Gasteiger partial charge is 0.382 e. The van der Waals surface area contributed by atoms with E-state index in [-0.39, 0.29) is 0 Å². The molecule has 0 saturated heterocycles. The van der Waals surface area contributed by atoms with Crippen LogP contribution in [0.15, 0.2) is 42.5 Å². The van der Waals surface area contributed by atoms with Crippen LogP contribution in [0.3, 0.4) is 0 Å². The third-order valence-corrected chi connectivity index (χ3v) is 5.12. The molecule has 0 bridgehead atoms. The molecule has 1 heteroatoms. The van der Waals surface area contributed by atoms with E-state index in [9.17, 15) is 0 Å². The van der Waals surface area contributed by atoms with Crippen LogP contribution >= 0.6 is 0 Å². The second-order valence-corrected chi connectivity index (χ2v) is 7.14. The summed E-state index contributed by atoms with van der Waals surface area (Å²) in [6.07, 6.45) is 4.05. The van der Waals surface area contributed by atoms with Crippen molar-refractivity contribution >= 4 is 16.5 Å². The SMILES string of the molecule is CC(C)[C@@H]1CC[C@@H](C)C[C@H]1Nc1ccc2ccccc2c1. The van der Waals surface area contributed by atoms with Crippen molar-refractivity contribution in [2.75, 3.05) is 5.32 Å². The van der Waals surface area contributed by atoms with Crippen molar-refractivity contribution in [3.63, 3.8) is 0 Å². The Hall–Kier alpha value is -1.50. The molecule has 112 valence electrons. The summed E-state index contributed by atoms with van der Waals surface area (Å²) >= 11 is 0. The zero-order valence-corrected chi connectivity index (χ0v) is 13.5. The third-order valence-electron chi connectivity index (χ3n) is 5.12. The molecule has 1 fully saturated rings. The molecule has 0 aliphatic heterocycles. The maximum atomic E-state index is 3.83. The highest BCUT2D eigenvalue weighted by atomic mass is 14.9. The van der Waals surface area contributed by atoms with Gasteiger partial charge in [0.1, 0.15) is 0 Å². The van der Waals surface area contributed by atoms with Gasteiger partial charge in [-0.15, -0.1) is 0 Å². The van der Waals surface area contributed by atoms with E-state index >= 15 is 0 Å². The lowest BCUT2D eigenvalue weighted by atomic mass is 9.74. The van der Waals surface area contributed by atoms with E-state index in [1.807, 2.05) is 0 Å². The first-order valence-corrected chi connectivity index (χ1v) is 8.39. The summed E-state index contributed by atoms with van der Waals surface area (Å²) in [5.41, 5.74) is 1.28. The van der Waals surface area contributed by atoms with Crippen molar-refractivity contribution in [1.29, 1.82) is 0 Å². The summed E-state index contributed by atoms with van der Waals surface area (Å²) in [5, 5.41) is 6.48. The Kier molecular flexibility index (Phi) is 4.19. The second-order valence-electron chi connectivity index (χ2n) is 7.14. The van der Waals surface area contributed by atoms with Crippen LogP contribution in [0.4, 0.5) is 5.69 Å². The Morgan fingerprint density at radius 2 is 1.76 bits per heavy atom. The van der Waals surface area contributed by atoms with Gasteiger partial charge in [-0.1, -0.05) is 57.5 Å². The molecule has 1 N–H and O–H groups in total. The molecule has 1 nitrogen and oxygen atoms in total. The van der Waals surface area contributed by atoms with E-state index in [0.717, 1.165) is 17.8 Å². The van der Waals surface area contributed by atoms with Crippen molar-refractivity contribution in [2.24, 2.45) is 17.8 Å². The Morgan fingerprint density at radius 3 is 2.52 bits per heavy atom. The molecule has 3 atom stereocenters. The zero-order chi connectivity index (χ0) is 14.8. The maximum absolute atomic E-state index is 3.83. The quantitative estimate of drug-likeness (QED) is 0.759. The van der Waals surface area contributed by atoms with Crippen molar-refractivity contribution in [1.82, 2.24) is 0 Å². The van der Waals surface area contributed by atoms with E-state index in [1.165, 1.54) is 35.7 Å². The number of fused-ring (bicyclic) bond motifs is 1. The predicted molar refractivity (Wildman–Crippen MR) is 92.7 cm³/mol. The van der Waals surface area contributed by atoms with Crippen LogP contribution in [0.1, 0.15) is 40.0 Å². The fraction of sp³-hybridized carbons (Fsp3) is 0.500. The van der Waals surface area contributed by atoms with Gasteiger partial charge in [0, 0.05) is 11.7 Å². The highest BCUT2D eigenvalue weighted by Gasteiger charge is 2.30. The molecule has 0 unspecified atom stereocenters. The third kappa shape index (κ3) is 3.23. The van der Waals surface area contributed by atoms with Gasteiger partial charge in [0.05, 0.1) is 0 Å². The summed E-state index contributed by atoms with van der Waals surface area (Å²) in [7, 11) is 0. The van der Waals surface area contributed by atoms with E-state index < -0.39 is 0 Å². The minimum absolute atomic E-state index is 0.620. The van der Waals surface area contributed by atoms with Gasteiger partial charge in [-0.2, -0.15) is 0 Å². The molecule has 21 heavy (non-hydrogen) atoms. The van der Waals surface area contributed by atoms with E-state index in [1.54, 1.807) is 0 Å². The average molecular weight is 281 g/mol. The highest BCUT2D eigenvalue weighted by molar-refractivity contribution is 5.85. The topological polar surface area (TPSA) is 12.0 Å². The van der Waals surface area contributed by atoms with Gasteiger partial charge in [0.2, 0.25) is 0 Å². The van der Waals surface area contributed by atoms with Crippen LogP contribution < -0.4 is 5.32 Å². The van der Waals surface area contributed by atoms with Gasteiger partial charge in [0.25, 0.3) is 0 Å². The lowest BCUT2D eigenvalue weighted by Crippen LogP contribution is -2.37. The zero-order valence-electron chi connectivity index (χ0n) is 13.5. The van der Waals surface area contributed by atoms with Gasteiger partial charge >= 0.3 is 0 Å². The summed E-state index contributed by atoms with van der Waals surface area (Å²) in [5.74, 6) is 2.40. The standard InChI is InChI=1S/C20H27N/c1-14(2)19-11-8-15(3)12-20(19)21-18-10-9-16-6-4-5-7-17(16)13-18/h4-7,9-10,13-15,19-21H,8,11-12H2,1-3H3/t15-,19+,20-/m1/s1. The first kappa shape index (κ1) is 14.4. The average Bonchev–Trinajstić information content (AvgIpc) is 2.47. The van der Waals surface area contributed by atoms with Gasteiger partial charge in [0.15, 0.2) is 0 Å². The van der Waals surface area contributed by atoms with Gasteiger partial charge in [-0.3, -0.25) is 0 Å². The summed E-state index contributed by atoms with van der Waals surface area (Å²) in [4.78, 5) is 0. The Bertz CT molecular complexity index is 602. The summed E-state index contributed by atoms with van der Waals surface area (Å²) < 4.78 is 0. The maximum Gasteiger partial charge on any atom is 0.0348 e. The van der Waals surface area contributed by atoms with Gasteiger partial charge in [-0.25, -0.2) is 0 Å². The Balaban J connectivity index is 1.81. The number of hydrogen-bond donors (Lipinski definition) is 1. The van der Waals surface area contributed by atoms with Crippen molar-refractivity contribution in [2.45, 2.75) is 46.1 Å². The molecule has 1 saturated carbocycles. The molecule has 0 radical (unpaired) electrons. The summed E-state index contributed by atoms with van der Waals surface area (Å²) in [6, 6.07) is 16.0. The molecule has 0 heterocycles. The number of hydrogen-bond acceptors (Lipinski definition) is 1. The Morgan fingerprint density at radius 1 is 1.00 bits per heavy atom. The fourth-order valence-corrected chi connectivity index (χ4v) is 3.86. The van der Waals surface area contributed by atoms with Crippen molar-refractivity contribution < 1.29 is 0 Å². The fourth-order valence-electron chi connectivity index (χ4n) is 3.86. The number of nitrogens with one attached hydrogen (secondary N) is 1.